The Morgan fingerprint density at radius 3 is 2.56 bits per heavy atom. The number of thioether (sulfide) groups is 1. The fourth-order valence-electron chi connectivity index (χ4n) is 5.40. The van der Waals surface area contributed by atoms with Crippen molar-refractivity contribution in [2.75, 3.05) is 44.6 Å². The number of rotatable bonds is 3. The number of hydrogen-bond acceptors (Lipinski definition) is 7. The van der Waals surface area contributed by atoms with E-state index in [1.165, 1.54) is 5.56 Å². The zero-order valence-electron chi connectivity index (χ0n) is 20.3. The van der Waals surface area contributed by atoms with Crippen molar-refractivity contribution in [2.45, 2.75) is 63.6 Å². The topological polar surface area (TPSA) is 71.5 Å². The van der Waals surface area contributed by atoms with E-state index in [-0.39, 0.29) is 18.0 Å². The first-order valence-electron chi connectivity index (χ1n) is 12.3. The third kappa shape index (κ3) is 4.96. The lowest BCUT2D eigenvalue weighted by atomic mass is 9.88. The van der Waals surface area contributed by atoms with Crippen molar-refractivity contribution in [1.29, 1.82) is 0 Å². The smallest absolute Gasteiger partial charge is 0.411 e. The molecule has 186 valence electrons. The second kappa shape index (κ2) is 9.49. The van der Waals surface area contributed by atoms with Gasteiger partial charge in [0, 0.05) is 24.9 Å². The molecule has 0 unspecified atom stereocenters. The maximum absolute atomic E-state index is 13.3. The molecule has 0 aliphatic carbocycles. The van der Waals surface area contributed by atoms with Crippen molar-refractivity contribution in [1.82, 2.24) is 14.7 Å². The van der Waals surface area contributed by atoms with E-state index in [9.17, 15) is 9.59 Å². The summed E-state index contributed by atoms with van der Waals surface area (Å²) in [5, 5.41) is 0. The average molecular weight is 490 g/mol. The van der Waals surface area contributed by atoms with Crippen molar-refractivity contribution in [3.8, 4) is 11.5 Å². The van der Waals surface area contributed by atoms with Crippen LogP contribution in [-0.2, 0) is 9.53 Å². The SMILES string of the molecule is CC(C)(C)OC(=O)N1C[C@@H](N2CCC(c3ccc4c(c3)OCO4)CC2)C[C@H]1C(=O)N1CCSC1. The Morgan fingerprint density at radius 1 is 1.09 bits per heavy atom. The maximum Gasteiger partial charge on any atom is 0.411 e. The van der Waals surface area contributed by atoms with Crippen molar-refractivity contribution >= 4 is 23.8 Å². The molecule has 34 heavy (non-hydrogen) atoms. The van der Waals surface area contributed by atoms with Gasteiger partial charge in [-0.2, -0.15) is 0 Å². The van der Waals surface area contributed by atoms with Crippen LogP contribution in [0.3, 0.4) is 0 Å². The number of benzene rings is 1. The molecule has 0 N–H and O–H groups in total. The molecule has 0 radical (unpaired) electrons. The lowest BCUT2D eigenvalue weighted by molar-refractivity contribution is -0.134. The highest BCUT2D eigenvalue weighted by Gasteiger charge is 2.45. The average Bonchev–Trinajstić information content (AvgIpc) is 3.58. The number of fused-ring (bicyclic) bond motifs is 1. The van der Waals surface area contributed by atoms with Crippen molar-refractivity contribution in [2.24, 2.45) is 0 Å². The monoisotopic (exact) mass is 489 g/mol. The number of carbonyl (C=O) groups is 2. The molecule has 5 rings (SSSR count). The largest absolute Gasteiger partial charge is 0.454 e. The fourth-order valence-corrected chi connectivity index (χ4v) is 6.35. The second-order valence-electron chi connectivity index (χ2n) is 10.6. The van der Waals surface area contributed by atoms with E-state index in [1.54, 1.807) is 16.7 Å². The minimum Gasteiger partial charge on any atom is -0.454 e. The van der Waals surface area contributed by atoms with E-state index in [2.05, 4.69) is 17.0 Å². The number of likely N-dealkylation sites (tertiary alicyclic amines) is 2. The van der Waals surface area contributed by atoms with Gasteiger partial charge in [0.2, 0.25) is 12.7 Å². The first-order chi connectivity index (χ1) is 16.3. The summed E-state index contributed by atoms with van der Waals surface area (Å²) in [6, 6.07) is 6.01. The van der Waals surface area contributed by atoms with Gasteiger partial charge in [0.15, 0.2) is 11.5 Å². The van der Waals surface area contributed by atoms with Crippen LogP contribution in [0.1, 0.15) is 51.5 Å². The molecule has 3 fully saturated rings. The van der Waals surface area contributed by atoms with E-state index in [0.717, 1.165) is 49.7 Å². The van der Waals surface area contributed by atoms with Crippen LogP contribution in [0.5, 0.6) is 11.5 Å². The Bertz CT molecular complexity index is 922. The third-order valence-corrected chi connectivity index (χ3v) is 8.14. The molecule has 9 heteroatoms. The summed E-state index contributed by atoms with van der Waals surface area (Å²) in [5.74, 6) is 3.87. The Morgan fingerprint density at radius 2 is 1.85 bits per heavy atom. The minimum atomic E-state index is -0.588. The Hall–Kier alpha value is -2.13. The van der Waals surface area contributed by atoms with Crippen LogP contribution >= 0.6 is 11.8 Å². The first kappa shape index (κ1) is 23.6. The molecular formula is C25H35N3O5S. The van der Waals surface area contributed by atoms with Crippen molar-refractivity contribution in [3.63, 3.8) is 0 Å². The zero-order chi connectivity index (χ0) is 23.9. The summed E-state index contributed by atoms with van der Waals surface area (Å²) < 4.78 is 16.7. The van der Waals surface area contributed by atoms with Gasteiger partial charge in [-0.3, -0.25) is 14.6 Å². The van der Waals surface area contributed by atoms with Crippen LogP contribution in [0, 0.1) is 0 Å². The lowest BCUT2D eigenvalue weighted by Gasteiger charge is -2.36. The minimum absolute atomic E-state index is 0.0635. The summed E-state index contributed by atoms with van der Waals surface area (Å²) in [5.41, 5.74) is 0.708. The van der Waals surface area contributed by atoms with E-state index in [0.29, 0.717) is 31.6 Å². The van der Waals surface area contributed by atoms with Crippen LogP contribution in [0.4, 0.5) is 4.79 Å². The van der Waals surface area contributed by atoms with Gasteiger partial charge in [-0.25, -0.2) is 4.79 Å². The molecule has 4 heterocycles. The van der Waals surface area contributed by atoms with Crippen molar-refractivity contribution < 1.29 is 23.8 Å². The molecule has 8 nitrogen and oxygen atoms in total. The predicted octanol–water partition coefficient (Wildman–Crippen LogP) is 3.51. The third-order valence-electron chi connectivity index (χ3n) is 7.17. The molecular weight excluding hydrogens is 454 g/mol. The van der Waals surface area contributed by atoms with Gasteiger partial charge >= 0.3 is 6.09 Å². The molecule has 1 aromatic carbocycles. The summed E-state index contributed by atoms with van der Waals surface area (Å²) in [7, 11) is 0. The van der Waals surface area contributed by atoms with Gasteiger partial charge in [0.05, 0.1) is 5.88 Å². The highest BCUT2D eigenvalue weighted by molar-refractivity contribution is 7.99. The number of hydrogen-bond donors (Lipinski definition) is 0. The molecule has 0 bridgehead atoms. The quantitative estimate of drug-likeness (QED) is 0.644. The summed E-state index contributed by atoms with van der Waals surface area (Å²) in [6.07, 6.45) is 2.39. The molecule has 2 atom stereocenters. The molecule has 4 aliphatic rings. The van der Waals surface area contributed by atoms with Crippen LogP contribution in [-0.4, -0.2) is 89.0 Å². The second-order valence-corrected chi connectivity index (χ2v) is 11.7. The molecule has 4 aliphatic heterocycles. The van der Waals surface area contributed by atoms with E-state index < -0.39 is 11.6 Å². The summed E-state index contributed by atoms with van der Waals surface area (Å²) in [4.78, 5) is 32.4. The highest BCUT2D eigenvalue weighted by Crippen LogP contribution is 2.38. The predicted molar refractivity (Wildman–Crippen MR) is 130 cm³/mol. The standard InChI is InChI=1S/C25H35N3O5S/c1-25(2,3)33-24(30)28-14-19(13-20(28)23(29)27-10-11-34-15-27)26-8-6-17(7-9-26)18-4-5-21-22(12-18)32-16-31-21/h4-5,12,17,19-20H,6-11,13-16H2,1-3H3/t19-,20-/m0/s1. The van der Waals surface area contributed by atoms with Crippen LogP contribution in [0.15, 0.2) is 18.2 Å². The van der Waals surface area contributed by atoms with Crippen LogP contribution in [0.2, 0.25) is 0 Å². The van der Waals surface area contributed by atoms with Gasteiger partial charge in [0.25, 0.3) is 0 Å². The Balaban J connectivity index is 1.24. The van der Waals surface area contributed by atoms with Crippen molar-refractivity contribution in [3.05, 3.63) is 23.8 Å². The molecule has 1 aromatic rings. The van der Waals surface area contributed by atoms with Crippen LogP contribution < -0.4 is 9.47 Å². The normalized spacial score (nSPS) is 25.7. The highest BCUT2D eigenvalue weighted by atomic mass is 32.2. The fraction of sp³-hybridized carbons (Fsp3) is 0.680. The molecule has 3 saturated heterocycles. The Kier molecular flexibility index (Phi) is 6.59. The zero-order valence-corrected chi connectivity index (χ0v) is 21.1. The lowest BCUT2D eigenvalue weighted by Crippen LogP contribution is -2.48. The molecule has 0 saturated carbocycles. The number of nitrogens with zero attached hydrogens (tertiary/aromatic N) is 3. The first-order valence-corrected chi connectivity index (χ1v) is 13.4. The van der Waals surface area contributed by atoms with E-state index >= 15 is 0 Å². The number of carbonyl (C=O) groups excluding carboxylic acids is 2. The number of ether oxygens (including phenoxy) is 3. The molecule has 0 spiro atoms. The molecule has 0 aromatic heterocycles. The van der Waals surface area contributed by atoms with Gasteiger partial charge in [0.1, 0.15) is 11.6 Å². The van der Waals surface area contributed by atoms with Gasteiger partial charge in [-0.15, -0.1) is 11.8 Å². The Labute approximate surface area is 205 Å². The van der Waals surface area contributed by atoms with E-state index in [1.807, 2.05) is 31.7 Å². The van der Waals surface area contributed by atoms with E-state index in [4.69, 9.17) is 14.2 Å². The summed E-state index contributed by atoms with van der Waals surface area (Å²) >= 11 is 1.77. The summed E-state index contributed by atoms with van der Waals surface area (Å²) in [6.45, 7) is 9.10. The molecule has 2 amide bonds. The number of piperidine rings is 1. The number of amides is 2. The van der Waals surface area contributed by atoms with Crippen LogP contribution in [0.25, 0.3) is 0 Å². The maximum atomic E-state index is 13.3. The van der Waals surface area contributed by atoms with Gasteiger partial charge in [-0.1, -0.05) is 6.07 Å². The van der Waals surface area contributed by atoms with Gasteiger partial charge < -0.3 is 19.1 Å². The van der Waals surface area contributed by atoms with Gasteiger partial charge in [-0.05, 0) is 76.7 Å².